The highest BCUT2D eigenvalue weighted by atomic mass is 16.5. The van der Waals surface area contributed by atoms with Crippen molar-refractivity contribution in [3.05, 3.63) is 60.2 Å². The predicted octanol–water partition coefficient (Wildman–Crippen LogP) is 3.56. The number of hydrogen-bond donors (Lipinski definition) is 1. The van der Waals surface area contributed by atoms with Gasteiger partial charge < -0.3 is 10.5 Å². The topological polar surface area (TPSA) is 38.5 Å². The number of benzene rings is 2. The summed E-state index contributed by atoms with van der Waals surface area (Å²) < 4.78 is 5.73. The average Bonchev–Trinajstić information content (AvgIpc) is 2.51. The lowest BCUT2D eigenvalue weighted by Gasteiger charge is -2.20. The van der Waals surface area contributed by atoms with E-state index in [4.69, 9.17) is 10.5 Å². The van der Waals surface area contributed by atoms with Gasteiger partial charge in [0.1, 0.15) is 5.75 Å². The molecule has 0 aliphatic carbocycles. The number of hydrogen-bond acceptors (Lipinski definition) is 3. The first-order valence-corrected chi connectivity index (χ1v) is 7.52. The molecule has 0 amide bonds. The van der Waals surface area contributed by atoms with Gasteiger partial charge >= 0.3 is 0 Å². The molecule has 0 fully saturated rings. The van der Waals surface area contributed by atoms with E-state index < -0.39 is 0 Å². The first kappa shape index (κ1) is 15.4. The van der Waals surface area contributed by atoms with E-state index in [1.54, 1.807) is 0 Å². The number of nitrogens with two attached hydrogens (primary N) is 1. The van der Waals surface area contributed by atoms with Crippen LogP contribution in [0.4, 0.5) is 5.69 Å². The van der Waals surface area contributed by atoms with E-state index >= 15 is 0 Å². The van der Waals surface area contributed by atoms with Crippen molar-refractivity contribution in [1.29, 1.82) is 0 Å². The Morgan fingerprint density at radius 1 is 1.05 bits per heavy atom. The lowest BCUT2D eigenvalue weighted by Crippen LogP contribution is -2.25. The van der Waals surface area contributed by atoms with Gasteiger partial charge in [-0.2, -0.15) is 0 Å². The van der Waals surface area contributed by atoms with Crippen LogP contribution in [0.25, 0.3) is 0 Å². The van der Waals surface area contributed by atoms with E-state index in [2.05, 4.69) is 42.2 Å². The molecular formula is C18H24N2O. The van der Waals surface area contributed by atoms with Gasteiger partial charge in [-0.15, -0.1) is 0 Å². The molecule has 0 unspecified atom stereocenters. The van der Waals surface area contributed by atoms with Crippen molar-refractivity contribution in [1.82, 2.24) is 4.90 Å². The van der Waals surface area contributed by atoms with Crippen LogP contribution in [0.1, 0.15) is 18.9 Å². The Bertz CT molecular complexity index is 528. The molecule has 21 heavy (non-hydrogen) atoms. The van der Waals surface area contributed by atoms with E-state index in [0.717, 1.165) is 44.1 Å². The Labute approximate surface area is 127 Å². The smallest absolute Gasteiger partial charge is 0.121 e. The van der Waals surface area contributed by atoms with Crippen molar-refractivity contribution in [2.24, 2.45) is 0 Å². The van der Waals surface area contributed by atoms with Crippen molar-refractivity contribution in [3.8, 4) is 5.75 Å². The highest BCUT2D eigenvalue weighted by Crippen LogP contribution is 2.14. The molecule has 3 nitrogen and oxygen atoms in total. The second-order valence-electron chi connectivity index (χ2n) is 5.13. The summed E-state index contributed by atoms with van der Waals surface area (Å²) in [5.74, 6) is 0.848. The summed E-state index contributed by atoms with van der Waals surface area (Å²) in [5.41, 5.74) is 7.83. The molecule has 3 heteroatoms. The van der Waals surface area contributed by atoms with Crippen LogP contribution in [0.2, 0.25) is 0 Å². The lowest BCUT2D eigenvalue weighted by molar-refractivity contribution is 0.236. The molecule has 0 bridgehead atoms. The third-order valence-corrected chi connectivity index (χ3v) is 3.44. The lowest BCUT2D eigenvalue weighted by atomic mass is 10.2. The minimum absolute atomic E-state index is 0.717. The maximum absolute atomic E-state index is 5.73. The van der Waals surface area contributed by atoms with Gasteiger partial charge in [-0.3, -0.25) is 4.90 Å². The molecule has 0 saturated heterocycles. The fraction of sp³-hybridized carbons (Fsp3) is 0.333. The van der Waals surface area contributed by atoms with Crippen molar-refractivity contribution < 1.29 is 4.74 Å². The van der Waals surface area contributed by atoms with Crippen LogP contribution >= 0.6 is 0 Å². The molecule has 0 heterocycles. The monoisotopic (exact) mass is 284 g/mol. The van der Waals surface area contributed by atoms with Crippen LogP contribution in [0.15, 0.2) is 54.6 Å². The third-order valence-electron chi connectivity index (χ3n) is 3.44. The maximum Gasteiger partial charge on any atom is 0.121 e. The van der Waals surface area contributed by atoms with Gasteiger partial charge in [0.25, 0.3) is 0 Å². The molecule has 0 aliphatic heterocycles. The van der Waals surface area contributed by atoms with Crippen molar-refractivity contribution in [2.75, 3.05) is 25.4 Å². The van der Waals surface area contributed by atoms with Gasteiger partial charge in [0, 0.05) is 24.8 Å². The minimum atomic E-state index is 0.717. The van der Waals surface area contributed by atoms with Gasteiger partial charge in [-0.25, -0.2) is 0 Å². The zero-order chi connectivity index (χ0) is 14.9. The summed E-state index contributed by atoms with van der Waals surface area (Å²) in [6.07, 6.45) is 1.01. The summed E-state index contributed by atoms with van der Waals surface area (Å²) in [5, 5.41) is 0. The largest absolute Gasteiger partial charge is 0.493 e. The van der Waals surface area contributed by atoms with Crippen molar-refractivity contribution in [2.45, 2.75) is 19.9 Å². The van der Waals surface area contributed by atoms with Crippen LogP contribution in [-0.2, 0) is 6.54 Å². The summed E-state index contributed by atoms with van der Waals surface area (Å²) in [7, 11) is 0. The minimum Gasteiger partial charge on any atom is -0.493 e. The molecule has 2 rings (SSSR count). The predicted molar refractivity (Wildman–Crippen MR) is 88.4 cm³/mol. The van der Waals surface area contributed by atoms with Gasteiger partial charge in [0.15, 0.2) is 0 Å². The summed E-state index contributed by atoms with van der Waals surface area (Å²) >= 11 is 0. The molecule has 0 radical (unpaired) electrons. The SMILES string of the molecule is CCN(CCCOc1cccc(N)c1)Cc1ccccc1. The highest BCUT2D eigenvalue weighted by molar-refractivity contribution is 5.43. The highest BCUT2D eigenvalue weighted by Gasteiger charge is 2.03. The molecular weight excluding hydrogens is 260 g/mol. The van der Waals surface area contributed by atoms with E-state index in [0.29, 0.717) is 0 Å². The Hall–Kier alpha value is -2.00. The molecule has 0 atom stereocenters. The third kappa shape index (κ3) is 5.48. The number of nitrogen functional groups attached to an aromatic ring is 1. The molecule has 2 aromatic rings. The number of nitrogens with zero attached hydrogens (tertiary/aromatic N) is 1. The molecule has 112 valence electrons. The average molecular weight is 284 g/mol. The van der Waals surface area contributed by atoms with Gasteiger partial charge in [0.05, 0.1) is 6.61 Å². The number of ether oxygens (including phenoxy) is 1. The quantitative estimate of drug-likeness (QED) is 0.595. The fourth-order valence-electron chi connectivity index (χ4n) is 2.27. The van der Waals surface area contributed by atoms with E-state index in [1.807, 2.05) is 24.3 Å². The first-order valence-electron chi connectivity index (χ1n) is 7.52. The zero-order valence-electron chi connectivity index (χ0n) is 12.7. The Kier molecular flexibility index (Phi) is 6.10. The van der Waals surface area contributed by atoms with Crippen LogP contribution in [0.3, 0.4) is 0 Å². The van der Waals surface area contributed by atoms with Gasteiger partial charge in [-0.1, -0.05) is 43.3 Å². The molecule has 0 spiro atoms. The zero-order valence-corrected chi connectivity index (χ0v) is 12.7. The normalized spacial score (nSPS) is 10.8. The summed E-state index contributed by atoms with van der Waals surface area (Å²) in [6, 6.07) is 18.2. The van der Waals surface area contributed by atoms with E-state index in [1.165, 1.54) is 5.56 Å². The molecule has 0 aromatic heterocycles. The molecule has 0 aliphatic rings. The molecule has 0 saturated carbocycles. The van der Waals surface area contributed by atoms with Crippen molar-refractivity contribution in [3.63, 3.8) is 0 Å². The van der Waals surface area contributed by atoms with Crippen LogP contribution in [-0.4, -0.2) is 24.6 Å². The van der Waals surface area contributed by atoms with Gasteiger partial charge in [0.2, 0.25) is 0 Å². The van der Waals surface area contributed by atoms with E-state index in [9.17, 15) is 0 Å². The number of rotatable bonds is 8. The van der Waals surface area contributed by atoms with Gasteiger partial charge in [-0.05, 0) is 30.7 Å². The van der Waals surface area contributed by atoms with Crippen LogP contribution in [0, 0.1) is 0 Å². The maximum atomic E-state index is 5.73. The van der Waals surface area contributed by atoms with Crippen LogP contribution in [0.5, 0.6) is 5.75 Å². The summed E-state index contributed by atoms with van der Waals surface area (Å²) in [6.45, 7) is 5.99. The van der Waals surface area contributed by atoms with E-state index in [-0.39, 0.29) is 0 Å². The Morgan fingerprint density at radius 2 is 1.86 bits per heavy atom. The van der Waals surface area contributed by atoms with Crippen molar-refractivity contribution >= 4 is 5.69 Å². The summed E-state index contributed by atoms with van der Waals surface area (Å²) in [4.78, 5) is 2.43. The fourth-order valence-corrected chi connectivity index (χ4v) is 2.27. The standard InChI is InChI=1S/C18H24N2O/c1-2-20(15-16-8-4-3-5-9-16)12-7-13-21-18-11-6-10-17(19)14-18/h3-6,8-11,14H,2,7,12-13,15,19H2,1H3. The Morgan fingerprint density at radius 3 is 2.57 bits per heavy atom. The Balaban J connectivity index is 1.71. The molecule has 2 aromatic carbocycles. The second kappa shape index (κ2) is 8.32. The first-order chi connectivity index (χ1) is 10.3. The second-order valence-corrected chi connectivity index (χ2v) is 5.13. The van der Waals surface area contributed by atoms with Crippen LogP contribution < -0.4 is 10.5 Å². The molecule has 2 N–H and O–H groups in total. The number of anilines is 1.